The van der Waals surface area contributed by atoms with Gasteiger partial charge in [0.15, 0.2) is 6.29 Å². The van der Waals surface area contributed by atoms with Crippen LogP contribution >= 0.6 is 0 Å². The molecule has 5 rings (SSSR count). The van der Waals surface area contributed by atoms with Crippen LogP contribution in [-0.4, -0.2) is 51.9 Å². The molecule has 0 amide bonds. The van der Waals surface area contributed by atoms with Gasteiger partial charge in [0.1, 0.15) is 5.75 Å². The molecule has 33 heavy (non-hydrogen) atoms. The van der Waals surface area contributed by atoms with Gasteiger partial charge in [0.2, 0.25) is 0 Å². The first-order valence-electron chi connectivity index (χ1n) is 12.4. The van der Waals surface area contributed by atoms with E-state index < -0.39 is 0 Å². The minimum Gasteiger partial charge on any atom is -0.508 e. The average Bonchev–Trinajstić information content (AvgIpc) is 2.86. The van der Waals surface area contributed by atoms with Crippen LogP contribution in [0.3, 0.4) is 0 Å². The zero-order valence-electron chi connectivity index (χ0n) is 20.0. The topological polar surface area (TPSA) is 51.2 Å². The first-order chi connectivity index (χ1) is 16.1. The standard InChI is InChI=1S/C28H37NO4/c1-31-27(32-2)21-10-15-29(16-11-21)23-5-3-20(4-6-23)26-25-8-7-24(30)19-22(25)9-12-28(26)13-17-33-18-14-28/h3-8,19,21,26-27,30H,9-18H2,1-2H3. The van der Waals surface area contributed by atoms with E-state index >= 15 is 0 Å². The Labute approximate surface area is 197 Å². The van der Waals surface area contributed by atoms with Gasteiger partial charge in [-0.25, -0.2) is 0 Å². The SMILES string of the molecule is COC(OC)C1CCN(c2ccc(C3c4ccc(O)cc4CCC34CCOCC4)cc2)CC1. The number of fused-ring (bicyclic) bond motifs is 1. The molecule has 2 aromatic rings. The van der Waals surface area contributed by atoms with E-state index in [1.165, 1.54) is 22.4 Å². The second-order valence-corrected chi connectivity index (χ2v) is 10.0. The molecule has 0 radical (unpaired) electrons. The summed E-state index contributed by atoms with van der Waals surface area (Å²) in [5.74, 6) is 1.19. The molecular weight excluding hydrogens is 414 g/mol. The van der Waals surface area contributed by atoms with E-state index in [9.17, 15) is 5.11 Å². The number of ether oxygens (including phenoxy) is 3. The maximum absolute atomic E-state index is 10.1. The molecule has 0 saturated carbocycles. The van der Waals surface area contributed by atoms with Gasteiger partial charge in [-0.1, -0.05) is 18.2 Å². The summed E-state index contributed by atoms with van der Waals surface area (Å²) >= 11 is 0. The number of phenols is 1. The summed E-state index contributed by atoms with van der Waals surface area (Å²) in [6.07, 6.45) is 6.47. The minimum atomic E-state index is -0.101. The number of methoxy groups -OCH3 is 2. The molecule has 2 fully saturated rings. The molecule has 5 heteroatoms. The van der Waals surface area contributed by atoms with Crippen molar-refractivity contribution in [2.24, 2.45) is 11.3 Å². The van der Waals surface area contributed by atoms with Crippen LogP contribution in [0.4, 0.5) is 5.69 Å². The van der Waals surface area contributed by atoms with E-state index in [-0.39, 0.29) is 11.7 Å². The fraction of sp³-hybridized carbons (Fsp3) is 0.571. The van der Waals surface area contributed by atoms with Crippen molar-refractivity contribution in [1.82, 2.24) is 0 Å². The Balaban J connectivity index is 1.38. The summed E-state index contributed by atoms with van der Waals surface area (Å²) in [5.41, 5.74) is 5.62. The number of nitrogens with zero attached hydrogens (tertiary/aromatic N) is 1. The van der Waals surface area contributed by atoms with Gasteiger partial charge in [-0.05, 0) is 84.9 Å². The number of benzene rings is 2. The number of hydrogen-bond donors (Lipinski definition) is 1. The summed E-state index contributed by atoms with van der Waals surface area (Å²) in [6.45, 7) is 3.75. The van der Waals surface area contributed by atoms with E-state index in [0.29, 0.717) is 17.6 Å². The van der Waals surface area contributed by atoms with Gasteiger partial charge in [0.05, 0.1) is 0 Å². The molecule has 0 aromatic heterocycles. The van der Waals surface area contributed by atoms with Crippen LogP contribution in [0, 0.1) is 11.3 Å². The van der Waals surface area contributed by atoms with Gasteiger partial charge in [-0.3, -0.25) is 0 Å². The summed E-state index contributed by atoms with van der Waals surface area (Å²) in [7, 11) is 3.46. The van der Waals surface area contributed by atoms with Gasteiger partial charge in [0, 0.05) is 58.0 Å². The van der Waals surface area contributed by atoms with Gasteiger partial charge < -0.3 is 24.2 Å². The normalized spacial score (nSPS) is 23.1. The van der Waals surface area contributed by atoms with Crippen LogP contribution in [0.5, 0.6) is 5.75 Å². The van der Waals surface area contributed by atoms with Crippen molar-refractivity contribution < 1.29 is 19.3 Å². The second kappa shape index (κ2) is 9.65. The summed E-state index contributed by atoms with van der Waals surface area (Å²) < 4.78 is 16.7. The van der Waals surface area contributed by atoms with Crippen LogP contribution in [0.15, 0.2) is 42.5 Å². The number of anilines is 1. The molecular formula is C28H37NO4. The van der Waals surface area contributed by atoms with Gasteiger partial charge in [-0.15, -0.1) is 0 Å². The largest absolute Gasteiger partial charge is 0.508 e. The molecule has 1 unspecified atom stereocenters. The highest BCUT2D eigenvalue weighted by Crippen LogP contribution is 2.55. The molecule has 3 aliphatic rings. The Hall–Kier alpha value is -2.08. The highest BCUT2D eigenvalue weighted by molar-refractivity contribution is 5.52. The lowest BCUT2D eigenvalue weighted by molar-refractivity contribution is -0.141. The smallest absolute Gasteiger partial charge is 0.159 e. The van der Waals surface area contributed by atoms with E-state index in [0.717, 1.165) is 64.8 Å². The summed E-state index contributed by atoms with van der Waals surface area (Å²) in [5, 5.41) is 10.1. The fourth-order valence-corrected chi connectivity index (χ4v) is 6.59. The maximum atomic E-state index is 10.1. The van der Waals surface area contributed by atoms with Crippen LogP contribution in [-0.2, 0) is 20.6 Å². The van der Waals surface area contributed by atoms with Gasteiger partial charge in [0.25, 0.3) is 0 Å². The molecule has 1 aliphatic carbocycles. The lowest BCUT2D eigenvalue weighted by Gasteiger charge is -2.48. The Morgan fingerprint density at radius 2 is 1.67 bits per heavy atom. The first-order valence-corrected chi connectivity index (χ1v) is 12.4. The Kier molecular flexibility index (Phi) is 6.64. The molecule has 0 bridgehead atoms. The zero-order chi connectivity index (χ0) is 22.8. The summed E-state index contributed by atoms with van der Waals surface area (Å²) in [6, 6.07) is 15.3. The van der Waals surface area contributed by atoms with Gasteiger partial charge in [-0.2, -0.15) is 0 Å². The maximum Gasteiger partial charge on any atom is 0.159 e. The molecule has 1 N–H and O–H groups in total. The first kappa shape index (κ1) is 22.7. The molecule has 178 valence electrons. The third-order valence-corrected chi connectivity index (χ3v) is 8.41. The van der Waals surface area contributed by atoms with Crippen molar-refractivity contribution in [2.75, 3.05) is 45.4 Å². The van der Waals surface area contributed by atoms with E-state index in [2.05, 4.69) is 35.2 Å². The highest BCUT2D eigenvalue weighted by atomic mass is 16.7. The van der Waals surface area contributed by atoms with E-state index in [1.807, 2.05) is 12.1 Å². The number of aryl methyl sites for hydroxylation is 1. The summed E-state index contributed by atoms with van der Waals surface area (Å²) in [4.78, 5) is 2.49. The molecule has 2 saturated heterocycles. The van der Waals surface area contributed by atoms with Crippen molar-refractivity contribution in [3.05, 3.63) is 59.2 Å². The van der Waals surface area contributed by atoms with Crippen molar-refractivity contribution in [1.29, 1.82) is 0 Å². The number of piperidine rings is 1. The monoisotopic (exact) mass is 451 g/mol. The number of aromatic hydroxyl groups is 1. The highest BCUT2D eigenvalue weighted by Gasteiger charge is 2.45. The van der Waals surface area contributed by atoms with Crippen LogP contribution in [0.1, 0.15) is 54.7 Å². The lowest BCUT2D eigenvalue weighted by atomic mass is 9.58. The van der Waals surface area contributed by atoms with Crippen molar-refractivity contribution >= 4 is 5.69 Å². The Morgan fingerprint density at radius 1 is 0.970 bits per heavy atom. The Bertz CT molecular complexity index is 925. The molecule has 1 atom stereocenters. The van der Waals surface area contributed by atoms with Crippen LogP contribution in [0.2, 0.25) is 0 Å². The third-order valence-electron chi connectivity index (χ3n) is 8.41. The molecule has 1 spiro atoms. The zero-order valence-corrected chi connectivity index (χ0v) is 20.0. The third kappa shape index (κ3) is 4.39. The quantitative estimate of drug-likeness (QED) is 0.641. The molecule has 2 heterocycles. The fourth-order valence-electron chi connectivity index (χ4n) is 6.59. The molecule has 5 nitrogen and oxygen atoms in total. The molecule has 2 aromatic carbocycles. The van der Waals surface area contributed by atoms with E-state index in [4.69, 9.17) is 14.2 Å². The Morgan fingerprint density at radius 3 is 2.33 bits per heavy atom. The predicted molar refractivity (Wildman–Crippen MR) is 130 cm³/mol. The van der Waals surface area contributed by atoms with Crippen molar-refractivity contribution in [3.8, 4) is 5.75 Å². The van der Waals surface area contributed by atoms with E-state index in [1.54, 1.807) is 14.2 Å². The van der Waals surface area contributed by atoms with Crippen molar-refractivity contribution in [3.63, 3.8) is 0 Å². The van der Waals surface area contributed by atoms with Crippen LogP contribution in [0.25, 0.3) is 0 Å². The number of phenolic OH excluding ortho intramolecular Hbond substituents is 1. The second-order valence-electron chi connectivity index (χ2n) is 10.0. The number of rotatable bonds is 5. The van der Waals surface area contributed by atoms with Crippen LogP contribution < -0.4 is 4.90 Å². The minimum absolute atomic E-state index is 0.101. The van der Waals surface area contributed by atoms with Gasteiger partial charge >= 0.3 is 0 Å². The van der Waals surface area contributed by atoms with Crippen molar-refractivity contribution in [2.45, 2.75) is 50.7 Å². The number of hydrogen-bond acceptors (Lipinski definition) is 5. The lowest BCUT2D eigenvalue weighted by Crippen LogP contribution is -2.40. The molecule has 2 aliphatic heterocycles. The average molecular weight is 452 g/mol. The predicted octanol–water partition coefficient (Wildman–Crippen LogP) is 5.10.